The molecule has 0 aromatic heterocycles. The van der Waals surface area contributed by atoms with Crippen molar-refractivity contribution in [3.05, 3.63) is 0 Å². The fourth-order valence-corrected chi connectivity index (χ4v) is 6.87. The summed E-state index contributed by atoms with van der Waals surface area (Å²) in [6.45, 7) is 12.2. The van der Waals surface area contributed by atoms with Gasteiger partial charge in [-0.2, -0.15) is 0 Å². The summed E-state index contributed by atoms with van der Waals surface area (Å²) in [7, 11) is 0. The summed E-state index contributed by atoms with van der Waals surface area (Å²) in [5, 5.41) is 3.13. The minimum absolute atomic E-state index is 0.636. The smallest absolute Gasteiger partial charge is 0.372 e. The molecule has 0 unspecified atom stereocenters. The van der Waals surface area contributed by atoms with Gasteiger partial charge in [-0.3, -0.25) is 0 Å². The highest BCUT2D eigenvalue weighted by atomic mass is 27.2. The highest BCUT2D eigenvalue weighted by Gasteiger charge is 2.24. The third-order valence-electron chi connectivity index (χ3n) is 4.40. The van der Waals surface area contributed by atoms with Crippen molar-refractivity contribution in [2.75, 3.05) is 13.1 Å². The second-order valence-electron chi connectivity index (χ2n) is 6.39. The summed E-state index contributed by atoms with van der Waals surface area (Å²) in [6, 6.07) is 0. The third-order valence-corrected chi connectivity index (χ3v) is 8.09. The van der Waals surface area contributed by atoms with Gasteiger partial charge in [0, 0.05) is 0 Å². The van der Waals surface area contributed by atoms with Crippen LogP contribution in [0.5, 0.6) is 0 Å². The van der Waals surface area contributed by atoms with Crippen LogP contribution in [-0.4, -0.2) is 31.3 Å². The average Bonchev–Trinajstić information content (AvgIpc) is 2.46. The molecule has 2 heteroatoms. The van der Waals surface area contributed by atoms with Crippen molar-refractivity contribution < 1.29 is 0 Å². The van der Waals surface area contributed by atoms with Gasteiger partial charge in [0.05, 0.1) is 0 Å². The van der Waals surface area contributed by atoms with E-state index in [1.54, 1.807) is 10.6 Å². The predicted octanol–water partition coefficient (Wildman–Crippen LogP) is 6.26. The van der Waals surface area contributed by atoms with Crippen molar-refractivity contribution >= 4 is 14.4 Å². The Balaban J connectivity index is 4.33. The van der Waals surface area contributed by atoms with Crippen LogP contribution in [0.1, 0.15) is 91.9 Å². The molecule has 0 bridgehead atoms. The molecule has 0 aliphatic rings. The van der Waals surface area contributed by atoms with E-state index in [9.17, 15) is 0 Å². The molecule has 0 fully saturated rings. The molecule has 0 saturated carbocycles. The molecule has 0 aromatic rings. The number of rotatable bonds is 15. The van der Waals surface area contributed by atoms with Crippen molar-refractivity contribution in [2.24, 2.45) is 0 Å². The van der Waals surface area contributed by atoms with Gasteiger partial charge in [0.15, 0.2) is 0 Å². The monoisotopic (exact) mass is 297 g/mol. The van der Waals surface area contributed by atoms with E-state index in [0.29, 0.717) is 0 Å². The molecule has 0 spiro atoms. The van der Waals surface area contributed by atoms with Crippen LogP contribution in [0.4, 0.5) is 0 Å². The molecule has 0 heterocycles. The van der Waals surface area contributed by atoms with Gasteiger partial charge in [0.25, 0.3) is 0 Å². The van der Waals surface area contributed by atoms with Gasteiger partial charge in [-0.15, -0.1) is 0 Å². The SMILES string of the molecule is CCCCC[N](CCCCC)[Al]([CH2]CCC)[CH2]CCC. The number of unbranched alkanes of at least 4 members (excludes halogenated alkanes) is 6. The van der Waals surface area contributed by atoms with Gasteiger partial charge in [-0.25, -0.2) is 0 Å². The van der Waals surface area contributed by atoms with Crippen LogP contribution in [0.3, 0.4) is 0 Å². The summed E-state index contributed by atoms with van der Waals surface area (Å²) < 4.78 is 2.98. The lowest BCUT2D eigenvalue weighted by Gasteiger charge is -2.29. The maximum absolute atomic E-state index is 2.98. The Hall–Kier alpha value is 0.492. The summed E-state index contributed by atoms with van der Waals surface area (Å²) >= 11 is -0.636. The van der Waals surface area contributed by atoms with Crippen molar-refractivity contribution in [2.45, 2.75) is 102 Å². The maximum atomic E-state index is 2.98. The van der Waals surface area contributed by atoms with E-state index < -0.39 is 14.4 Å². The topological polar surface area (TPSA) is 3.24 Å². The van der Waals surface area contributed by atoms with Crippen LogP contribution >= 0.6 is 0 Å². The summed E-state index contributed by atoms with van der Waals surface area (Å²) in [4.78, 5) is 0. The van der Waals surface area contributed by atoms with Crippen LogP contribution in [0.2, 0.25) is 10.6 Å². The van der Waals surface area contributed by atoms with Gasteiger partial charge in [-0.1, -0.05) is 89.6 Å². The van der Waals surface area contributed by atoms with Gasteiger partial charge >= 0.3 is 14.4 Å². The zero-order chi connectivity index (χ0) is 15.1. The lowest BCUT2D eigenvalue weighted by Crippen LogP contribution is -2.40. The van der Waals surface area contributed by atoms with E-state index in [0.717, 1.165) is 0 Å². The molecule has 0 radical (unpaired) electrons. The average molecular weight is 298 g/mol. The number of hydrogen-bond donors (Lipinski definition) is 0. The van der Waals surface area contributed by atoms with Crippen LogP contribution in [0.15, 0.2) is 0 Å². The standard InChI is InChI=1S/C10H22N.2C4H9.Al/c1-3-5-7-9-11-10-8-6-4-2;2*1-3-4-2;/h3-10H2,1-2H3;2*1,3-4H2,2H3;/q-1;;;+1. The van der Waals surface area contributed by atoms with Crippen molar-refractivity contribution in [3.8, 4) is 0 Å². The molecular weight excluding hydrogens is 257 g/mol. The molecule has 1 nitrogen and oxygen atoms in total. The first-order valence-corrected chi connectivity index (χ1v) is 11.7. The van der Waals surface area contributed by atoms with E-state index in [1.165, 1.54) is 77.3 Å². The van der Waals surface area contributed by atoms with E-state index in [1.807, 2.05) is 0 Å². The molecule has 0 aliphatic heterocycles. The fraction of sp³-hybridized carbons (Fsp3) is 1.00. The maximum Gasteiger partial charge on any atom is 0.372 e. The lowest BCUT2D eigenvalue weighted by molar-refractivity contribution is 0.396. The van der Waals surface area contributed by atoms with Gasteiger partial charge in [0.1, 0.15) is 0 Å². The number of nitrogens with zero attached hydrogens (tertiary/aromatic N) is 1. The summed E-state index contributed by atoms with van der Waals surface area (Å²) in [5.74, 6) is 0. The van der Waals surface area contributed by atoms with Gasteiger partial charge < -0.3 is 3.88 Å². The highest BCUT2D eigenvalue weighted by molar-refractivity contribution is 6.55. The Morgan fingerprint density at radius 1 is 0.550 bits per heavy atom. The first kappa shape index (κ1) is 20.5. The van der Waals surface area contributed by atoms with Crippen molar-refractivity contribution in [1.82, 2.24) is 3.88 Å². The molecule has 0 atom stereocenters. The van der Waals surface area contributed by atoms with Crippen molar-refractivity contribution in [3.63, 3.8) is 0 Å². The van der Waals surface area contributed by atoms with Gasteiger partial charge in [-0.05, 0) is 25.9 Å². The van der Waals surface area contributed by atoms with Crippen molar-refractivity contribution in [1.29, 1.82) is 0 Å². The quantitative estimate of drug-likeness (QED) is 0.255. The molecular formula is C18H40AlN. The van der Waals surface area contributed by atoms with E-state index in [2.05, 4.69) is 31.6 Å². The fourth-order valence-electron chi connectivity index (χ4n) is 3.00. The highest BCUT2D eigenvalue weighted by Crippen LogP contribution is 2.16. The second kappa shape index (κ2) is 15.9. The summed E-state index contributed by atoms with van der Waals surface area (Å²) in [6.07, 6.45) is 14.1. The zero-order valence-electron chi connectivity index (χ0n) is 14.9. The predicted molar refractivity (Wildman–Crippen MR) is 95.8 cm³/mol. The minimum atomic E-state index is -0.636. The summed E-state index contributed by atoms with van der Waals surface area (Å²) in [5.41, 5.74) is 0. The molecule has 0 saturated heterocycles. The largest absolute Gasteiger partial charge is 0.385 e. The first-order valence-electron chi connectivity index (χ1n) is 9.54. The second-order valence-corrected chi connectivity index (χ2v) is 9.58. The Bertz CT molecular complexity index is 166. The molecule has 0 aromatic carbocycles. The molecule has 0 N–H and O–H groups in total. The molecule has 0 aliphatic carbocycles. The Labute approximate surface area is 134 Å². The van der Waals surface area contributed by atoms with E-state index >= 15 is 0 Å². The van der Waals surface area contributed by atoms with E-state index in [-0.39, 0.29) is 0 Å². The molecule has 20 heavy (non-hydrogen) atoms. The molecule has 0 rings (SSSR count). The first-order chi connectivity index (χ1) is 9.79. The van der Waals surface area contributed by atoms with Crippen LogP contribution in [0.25, 0.3) is 0 Å². The minimum Gasteiger partial charge on any atom is -0.385 e. The van der Waals surface area contributed by atoms with Crippen LogP contribution in [0, 0.1) is 0 Å². The van der Waals surface area contributed by atoms with Crippen LogP contribution < -0.4 is 0 Å². The number of hydrogen-bond acceptors (Lipinski definition) is 1. The van der Waals surface area contributed by atoms with Gasteiger partial charge in [0.2, 0.25) is 0 Å². The Morgan fingerprint density at radius 2 is 0.950 bits per heavy atom. The third kappa shape index (κ3) is 11.2. The molecule has 0 amide bonds. The molecule has 120 valence electrons. The Morgan fingerprint density at radius 3 is 1.30 bits per heavy atom. The van der Waals surface area contributed by atoms with E-state index in [4.69, 9.17) is 0 Å². The zero-order valence-corrected chi connectivity index (χ0v) is 16.1. The normalized spacial score (nSPS) is 11.2. The Kier molecular flexibility index (Phi) is 16.3. The van der Waals surface area contributed by atoms with Crippen LogP contribution in [-0.2, 0) is 0 Å². The lowest BCUT2D eigenvalue weighted by atomic mass is 10.2.